The molecule has 0 aromatic rings. The smallest absolute Gasteiger partial charge is 0.462 e. The molecule has 0 aliphatic rings. The van der Waals surface area contributed by atoms with Crippen LogP contribution >= 0.6 is 15.6 Å². The molecule has 0 aliphatic heterocycles. The first kappa shape index (κ1) is 100.0. The Balaban J connectivity index is 5.40. The van der Waals surface area contributed by atoms with Crippen molar-refractivity contribution in [2.24, 2.45) is 0 Å². The Labute approximate surface area is 633 Å². The number of unbranched alkanes of at least 4 members (excludes halogenated alkanes) is 36. The number of allylic oxidation sites excluding steroid dienone is 16. The first-order valence-corrected chi connectivity index (χ1v) is 44.5. The largest absolute Gasteiger partial charge is 0.472 e. The number of aliphatic hydroxyl groups excluding tert-OH is 1. The Morgan fingerprint density at radius 2 is 0.500 bits per heavy atom. The highest BCUT2D eigenvalue weighted by Crippen LogP contribution is 2.45. The standard InChI is InChI=1S/C85H150O17P2/c1-5-9-13-17-21-25-29-33-37-38-39-40-44-48-52-56-60-64-68-72-85(90)102-81(76-96-83(88)70-66-62-58-54-50-46-42-35-31-27-23-19-15-11-7-3)78-100-104(93,94)98-74-79(86)73-97-103(91,92)99-77-80(101-84(89)71-67-63-59-55-51-47-43-36-32-28-24-20-16-12-8-4)75-95-82(87)69-65-61-57-53-49-45-41-34-30-26-22-18-14-10-6-2/h9,13,21,25,27,31,33-34,36-37,39-41,43,48,52,79-81,86H,5-8,10-12,14-20,22-24,26,28-30,32,35,38,42,44-47,49-51,53-78H2,1-4H3,(H,91,92)(H,93,94)/b13-9-,25-21-,31-27-,37-33-,40-39-,41-34-,43-36-,52-48-/t79-,80-,81-/m1/s1. The summed E-state index contributed by atoms with van der Waals surface area (Å²) in [7, 11) is -9.97. The van der Waals surface area contributed by atoms with Crippen LogP contribution in [-0.2, 0) is 65.4 Å². The van der Waals surface area contributed by atoms with Crippen LogP contribution in [0.1, 0.15) is 362 Å². The molecule has 0 rings (SSSR count). The molecule has 0 amide bonds. The van der Waals surface area contributed by atoms with Gasteiger partial charge in [-0.1, -0.05) is 285 Å². The molecule has 0 aromatic heterocycles. The molecular weight excluding hydrogens is 1350 g/mol. The molecule has 0 saturated carbocycles. The molecule has 0 aliphatic carbocycles. The monoisotopic (exact) mass is 1510 g/mol. The highest BCUT2D eigenvalue weighted by atomic mass is 31.2. The van der Waals surface area contributed by atoms with E-state index in [0.717, 1.165) is 167 Å². The zero-order valence-electron chi connectivity index (χ0n) is 65.9. The second kappa shape index (κ2) is 77.1. The molecule has 0 spiro atoms. The van der Waals surface area contributed by atoms with Crippen LogP contribution in [-0.4, -0.2) is 96.7 Å². The number of carbonyl (C=O) groups is 4. The van der Waals surface area contributed by atoms with Crippen molar-refractivity contribution < 1.29 is 80.2 Å². The van der Waals surface area contributed by atoms with E-state index in [0.29, 0.717) is 25.7 Å². The van der Waals surface area contributed by atoms with E-state index in [4.69, 9.17) is 37.0 Å². The predicted molar refractivity (Wildman–Crippen MR) is 427 cm³/mol. The lowest BCUT2D eigenvalue weighted by molar-refractivity contribution is -0.161. The van der Waals surface area contributed by atoms with E-state index in [1.165, 1.54) is 116 Å². The molecule has 0 radical (unpaired) electrons. The van der Waals surface area contributed by atoms with Gasteiger partial charge in [0.25, 0.3) is 0 Å². The molecule has 2 unspecified atom stereocenters. The van der Waals surface area contributed by atoms with Gasteiger partial charge in [-0.2, -0.15) is 0 Å². The zero-order chi connectivity index (χ0) is 76.0. The summed E-state index contributed by atoms with van der Waals surface area (Å²) in [6, 6.07) is 0. The molecule has 19 heteroatoms. The number of ether oxygens (including phenoxy) is 4. The van der Waals surface area contributed by atoms with Gasteiger partial charge in [0.05, 0.1) is 26.4 Å². The van der Waals surface area contributed by atoms with Crippen LogP contribution in [0.25, 0.3) is 0 Å². The van der Waals surface area contributed by atoms with Crippen LogP contribution in [0.4, 0.5) is 0 Å². The Hall–Kier alpha value is -4.02. The fourth-order valence-electron chi connectivity index (χ4n) is 11.2. The number of carbonyl (C=O) groups excluding carboxylic acids is 4. The molecule has 0 fully saturated rings. The SMILES string of the molecule is CC/C=C\C/C=C\C/C=C\C/C=C\C/C=C\CCCCCC(=O)O[C@H](COC(=O)CCCCCCCCC/C=C\CCCCCC)COP(=O)(O)OC[C@H](O)COP(=O)(O)OC[C@@H](COC(=O)CCCCCCC/C=C\CCCCCCCC)OC(=O)CCCCCCC/C=C\CCCCCCCC. The highest BCUT2D eigenvalue weighted by Gasteiger charge is 2.30. The molecular formula is C85H150O17P2. The van der Waals surface area contributed by atoms with Crippen LogP contribution in [0.3, 0.4) is 0 Å². The summed E-state index contributed by atoms with van der Waals surface area (Å²) < 4.78 is 68.7. The summed E-state index contributed by atoms with van der Waals surface area (Å²) in [5.41, 5.74) is 0. The fourth-order valence-corrected chi connectivity index (χ4v) is 12.8. The average Bonchev–Trinajstić information content (AvgIpc) is 0.943. The van der Waals surface area contributed by atoms with Gasteiger partial charge in [-0.3, -0.25) is 37.3 Å². The first-order chi connectivity index (χ1) is 50.7. The minimum absolute atomic E-state index is 0.0551. The van der Waals surface area contributed by atoms with Crippen molar-refractivity contribution in [1.82, 2.24) is 0 Å². The summed E-state index contributed by atoms with van der Waals surface area (Å²) in [6.07, 6.45) is 82.3. The maximum Gasteiger partial charge on any atom is 0.472 e. The van der Waals surface area contributed by atoms with E-state index in [-0.39, 0.29) is 25.7 Å². The lowest BCUT2D eigenvalue weighted by atomic mass is 10.1. The number of hydrogen-bond donors (Lipinski definition) is 3. The molecule has 602 valence electrons. The Bertz CT molecular complexity index is 2350. The van der Waals surface area contributed by atoms with E-state index >= 15 is 0 Å². The molecule has 5 atom stereocenters. The number of rotatable bonds is 78. The van der Waals surface area contributed by atoms with E-state index in [2.05, 4.69) is 125 Å². The van der Waals surface area contributed by atoms with Crippen molar-refractivity contribution in [1.29, 1.82) is 0 Å². The minimum Gasteiger partial charge on any atom is -0.462 e. The van der Waals surface area contributed by atoms with Gasteiger partial charge >= 0.3 is 39.5 Å². The third-order valence-electron chi connectivity index (χ3n) is 17.5. The Morgan fingerprint density at radius 1 is 0.279 bits per heavy atom. The van der Waals surface area contributed by atoms with Gasteiger partial charge in [0, 0.05) is 25.7 Å². The van der Waals surface area contributed by atoms with Crippen molar-refractivity contribution >= 4 is 39.5 Å². The van der Waals surface area contributed by atoms with Gasteiger partial charge in [0.15, 0.2) is 12.2 Å². The average molecular weight is 1510 g/mol. The van der Waals surface area contributed by atoms with E-state index < -0.39 is 97.5 Å². The van der Waals surface area contributed by atoms with Gasteiger partial charge in [-0.25, -0.2) is 9.13 Å². The minimum atomic E-state index is -4.99. The first-order valence-electron chi connectivity index (χ1n) is 41.5. The van der Waals surface area contributed by atoms with Crippen LogP contribution in [0.15, 0.2) is 97.2 Å². The summed E-state index contributed by atoms with van der Waals surface area (Å²) in [6.45, 7) is 4.73. The van der Waals surface area contributed by atoms with Crippen molar-refractivity contribution in [2.45, 2.75) is 380 Å². The molecule has 104 heavy (non-hydrogen) atoms. The quantitative estimate of drug-likeness (QED) is 0.0169. The second-order valence-corrected chi connectivity index (χ2v) is 30.6. The van der Waals surface area contributed by atoms with Crippen LogP contribution < -0.4 is 0 Å². The Morgan fingerprint density at radius 3 is 0.798 bits per heavy atom. The van der Waals surface area contributed by atoms with Gasteiger partial charge in [-0.05, 0) is 148 Å². The fraction of sp³-hybridized carbons (Fsp3) is 0.765. The number of phosphoric ester groups is 2. The molecule has 0 bridgehead atoms. The molecule has 17 nitrogen and oxygen atoms in total. The second-order valence-electron chi connectivity index (χ2n) is 27.7. The lowest BCUT2D eigenvalue weighted by Gasteiger charge is -2.21. The maximum atomic E-state index is 13.1. The summed E-state index contributed by atoms with van der Waals surface area (Å²) >= 11 is 0. The highest BCUT2D eigenvalue weighted by molar-refractivity contribution is 7.47. The Kier molecular flexibility index (Phi) is 74.2. The predicted octanol–water partition coefficient (Wildman–Crippen LogP) is 24.3. The number of aliphatic hydroxyl groups is 1. The summed E-state index contributed by atoms with van der Waals surface area (Å²) in [5.74, 6) is -2.21. The van der Waals surface area contributed by atoms with Crippen molar-refractivity contribution in [2.75, 3.05) is 39.6 Å². The molecule has 0 heterocycles. The molecule has 3 N–H and O–H groups in total. The van der Waals surface area contributed by atoms with Crippen molar-refractivity contribution in [3.8, 4) is 0 Å². The van der Waals surface area contributed by atoms with E-state index in [9.17, 15) is 43.2 Å². The lowest BCUT2D eigenvalue weighted by Crippen LogP contribution is -2.30. The maximum absolute atomic E-state index is 13.1. The summed E-state index contributed by atoms with van der Waals surface area (Å²) in [5, 5.41) is 10.7. The van der Waals surface area contributed by atoms with E-state index in [1.54, 1.807) is 0 Å². The van der Waals surface area contributed by atoms with Gasteiger partial charge in [-0.15, -0.1) is 0 Å². The normalized spacial score (nSPS) is 14.3. The molecule has 0 aromatic carbocycles. The summed E-state index contributed by atoms with van der Waals surface area (Å²) in [4.78, 5) is 73.1. The van der Waals surface area contributed by atoms with Gasteiger partial charge < -0.3 is 33.8 Å². The number of phosphoric acid groups is 2. The van der Waals surface area contributed by atoms with Gasteiger partial charge in [0.2, 0.25) is 0 Å². The molecule has 0 saturated heterocycles. The van der Waals surface area contributed by atoms with Crippen LogP contribution in [0.5, 0.6) is 0 Å². The third kappa shape index (κ3) is 76.2. The van der Waals surface area contributed by atoms with Crippen LogP contribution in [0, 0.1) is 0 Å². The van der Waals surface area contributed by atoms with Gasteiger partial charge in [0.1, 0.15) is 19.3 Å². The van der Waals surface area contributed by atoms with Crippen LogP contribution in [0.2, 0.25) is 0 Å². The van der Waals surface area contributed by atoms with Crippen molar-refractivity contribution in [3.05, 3.63) is 97.2 Å². The van der Waals surface area contributed by atoms with Crippen molar-refractivity contribution in [3.63, 3.8) is 0 Å². The van der Waals surface area contributed by atoms with E-state index in [1.807, 2.05) is 0 Å². The zero-order valence-corrected chi connectivity index (χ0v) is 67.7. The number of hydrogen-bond acceptors (Lipinski definition) is 15. The topological polar surface area (TPSA) is 237 Å². The number of esters is 4. The third-order valence-corrected chi connectivity index (χ3v) is 19.4.